The van der Waals surface area contributed by atoms with Gasteiger partial charge in [0.2, 0.25) is 0 Å². The van der Waals surface area contributed by atoms with Crippen LogP contribution in [0.3, 0.4) is 0 Å². The van der Waals surface area contributed by atoms with Crippen LogP contribution in [0.15, 0.2) is 0 Å². The fraction of sp³-hybridized carbons (Fsp3) is 0.950. The van der Waals surface area contributed by atoms with Crippen LogP contribution in [-0.2, 0) is 24.4 Å². The van der Waals surface area contributed by atoms with E-state index in [-0.39, 0.29) is 12.8 Å². The number of aliphatic hydroxyl groups is 1. The lowest BCUT2D eigenvalue weighted by Crippen LogP contribution is -2.63. The molecule has 0 spiro atoms. The van der Waals surface area contributed by atoms with Crippen LogP contribution in [0.4, 0.5) is 43.9 Å². The molecule has 2 fully saturated rings. The Morgan fingerprint density at radius 2 is 1.45 bits per heavy atom. The second kappa shape index (κ2) is 10.2. The van der Waals surface area contributed by atoms with Crippen molar-refractivity contribution in [3.63, 3.8) is 0 Å². The van der Waals surface area contributed by atoms with Gasteiger partial charge in [0.25, 0.3) is 5.60 Å². The summed E-state index contributed by atoms with van der Waals surface area (Å²) in [7, 11) is -6.44. The molecule has 2 saturated carbocycles. The van der Waals surface area contributed by atoms with Crippen molar-refractivity contribution >= 4 is 16.1 Å². The van der Waals surface area contributed by atoms with Gasteiger partial charge >= 0.3 is 39.6 Å². The smallest absolute Gasteiger partial charge is 0.431 e. The molecular weight excluding hydrogens is 574 g/mol. The van der Waals surface area contributed by atoms with Crippen LogP contribution in [0, 0.1) is 29.1 Å². The summed E-state index contributed by atoms with van der Waals surface area (Å²) in [5.41, 5.74) is -6.58. The highest BCUT2D eigenvalue weighted by Gasteiger charge is 2.76. The van der Waals surface area contributed by atoms with Crippen LogP contribution in [0.5, 0.6) is 0 Å². The lowest BCUT2D eigenvalue weighted by molar-refractivity contribution is -0.390. The van der Waals surface area contributed by atoms with Crippen LogP contribution in [-0.4, -0.2) is 73.0 Å². The van der Waals surface area contributed by atoms with Crippen molar-refractivity contribution in [3.8, 4) is 0 Å². The second-order valence-corrected chi connectivity index (χ2v) is 11.8. The molecule has 2 rings (SSSR count). The lowest BCUT2D eigenvalue weighted by atomic mass is 9.71. The van der Waals surface area contributed by atoms with Crippen molar-refractivity contribution in [3.05, 3.63) is 0 Å². The normalized spacial score (nSPS) is 25.6. The molecule has 2 bridgehead atoms. The first-order valence-electron chi connectivity index (χ1n) is 11.1. The number of alkyl halides is 10. The maximum absolute atomic E-state index is 13.5. The van der Waals surface area contributed by atoms with Crippen LogP contribution >= 0.6 is 0 Å². The molecule has 224 valence electrons. The topological polar surface area (TPSA) is 110 Å². The Hall–Kier alpha value is -1.40. The van der Waals surface area contributed by atoms with E-state index in [1.165, 1.54) is 0 Å². The fourth-order valence-electron chi connectivity index (χ4n) is 5.05. The zero-order valence-electron chi connectivity index (χ0n) is 19.9. The molecule has 0 amide bonds. The van der Waals surface area contributed by atoms with Crippen LogP contribution in [0.2, 0.25) is 0 Å². The number of hydrogen-bond acceptors (Lipinski definition) is 6. The third-order valence-corrected chi connectivity index (χ3v) is 8.05. The van der Waals surface area contributed by atoms with Crippen molar-refractivity contribution in [2.45, 2.75) is 68.7 Å². The third-order valence-electron chi connectivity index (χ3n) is 7.11. The van der Waals surface area contributed by atoms with E-state index in [0.29, 0.717) is 0 Å². The van der Waals surface area contributed by atoms with Crippen molar-refractivity contribution in [2.24, 2.45) is 29.1 Å². The van der Waals surface area contributed by atoms with Crippen molar-refractivity contribution in [2.75, 3.05) is 19.8 Å². The van der Waals surface area contributed by atoms with Gasteiger partial charge in [0.15, 0.2) is 0 Å². The summed E-state index contributed by atoms with van der Waals surface area (Å²) in [6.45, 7) is -0.173. The molecule has 2 aliphatic carbocycles. The van der Waals surface area contributed by atoms with Gasteiger partial charge < -0.3 is 14.6 Å². The summed E-state index contributed by atoms with van der Waals surface area (Å²) >= 11 is 0. The van der Waals surface area contributed by atoms with Gasteiger partial charge in [0.05, 0.1) is 25.2 Å². The molecule has 4 unspecified atom stereocenters. The van der Waals surface area contributed by atoms with Gasteiger partial charge in [0, 0.05) is 12.3 Å². The molecule has 4 atom stereocenters. The van der Waals surface area contributed by atoms with Crippen LogP contribution in [0.25, 0.3) is 0 Å². The first-order chi connectivity index (χ1) is 16.8. The Labute approximate surface area is 210 Å². The number of hydrogen-bond donors (Lipinski definition) is 2. The van der Waals surface area contributed by atoms with E-state index in [1.54, 1.807) is 0 Å². The number of fused-ring (bicyclic) bond motifs is 2. The molecule has 38 heavy (non-hydrogen) atoms. The van der Waals surface area contributed by atoms with Gasteiger partial charge in [0.1, 0.15) is 0 Å². The van der Waals surface area contributed by atoms with Crippen molar-refractivity contribution < 1.29 is 76.2 Å². The van der Waals surface area contributed by atoms with Gasteiger partial charge in [-0.2, -0.15) is 52.3 Å². The predicted octanol–water partition coefficient (Wildman–Crippen LogP) is 4.60. The van der Waals surface area contributed by atoms with E-state index >= 15 is 0 Å². The Balaban J connectivity index is 1.96. The number of esters is 1. The highest BCUT2D eigenvalue weighted by atomic mass is 32.2. The minimum Gasteiger partial charge on any atom is -0.465 e. The summed E-state index contributed by atoms with van der Waals surface area (Å²) in [5.74, 6) is -11.3. The van der Waals surface area contributed by atoms with Gasteiger partial charge in [-0.3, -0.25) is 9.35 Å². The highest BCUT2D eigenvalue weighted by molar-refractivity contribution is 7.87. The van der Waals surface area contributed by atoms with E-state index in [1.807, 2.05) is 0 Å². The molecule has 0 heterocycles. The molecule has 0 aromatic carbocycles. The number of rotatable bonds is 11. The highest BCUT2D eigenvalue weighted by Crippen LogP contribution is 2.61. The summed E-state index contributed by atoms with van der Waals surface area (Å²) in [6.07, 6.45) is -14.3. The van der Waals surface area contributed by atoms with Crippen LogP contribution < -0.4 is 0 Å². The molecule has 2 aliphatic rings. The Kier molecular flexibility index (Phi) is 8.82. The van der Waals surface area contributed by atoms with Gasteiger partial charge in [-0.05, 0) is 50.9 Å². The number of carbonyl (C=O) groups excluding carboxylic acids is 1. The molecule has 0 saturated heterocycles. The Morgan fingerprint density at radius 3 is 1.89 bits per heavy atom. The summed E-state index contributed by atoms with van der Waals surface area (Å²) in [5, 5.41) is 3.98. The molecule has 0 radical (unpaired) electrons. The maximum atomic E-state index is 13.5. The van der Waals surface area contributed by atoms with E-state index in [2.05, 4.69) is 0 Å². The zero-order valence-corrected chi connectivity index (χ0v) is 20.7. The number of ether oxygens (including phenoxy) is 2. The quantitative estimate of drug-likeness (QED) is 0.155. The van der Waals surface area contributed by atoms with E-state index < -0.39 is 107 Å². The average Bonchev–Trinajstić information content (AvgIpc) is 3.32. The van der Waals surface area contributed by atoms with Crippen molar-refractivity contribution in [1.82, 2.24) is 0 Å². The minimum absolute atomic E-state index is 0.0454. The fourth-order valence-corrected chi connectivity index (χ4v) is 5.53. The largest absolute Gasteiger partial charge is 0.465 e. The third kappa shape index (κ3) is 6.01. The lowest BCUT2D eigenvalue weighted by Gasteiger charge is -2.42. The summed E-state index contributed by atoms with van der Waals surface area (Å²) in [4.78, 5) is 12.4. The molecule has 0 aromatic heterocycles. The minimum atomic E-state index is -6.44. The second-order valence-electron chi connectivity index (χ2n) is 10.3. The van der Waals surface area contributed by atoms with E-state index in [0.717, 1.165) is 13.8 Å². The average molecular weight is 600 g/mol. The standard InChI is InChI=1S/C20H26F10O7S/c1-15(2,9-36-4-3-16(21,22)20(29,30)38(33,34)35)14(31)37-8-11-5-10-6-12(11)13(7-10)17(32,18(23,24)25)19(26,27)28/h10-13,32H,3-9H2,1-2H3,(H,33,34,35). The molecule has 18 heteroatoms. The molecular formula is C20H26F10O7S. The summed E-state index contributed by atoms with van der Waals surface area (Å²) < 4.78 is 172. The molecule has 0 aliphatic heterocycles. The van der Waals surface area contributed by atoms with E-state index in [4.69, 9.17) is 14.0 Å². The zero-order chi connectivity index (χ0) is 29.8. The van der Waals surface area contributed by atoms with Crippen molar-refractivity contribution in [1.29, 1.82) is 0 Å². The van der Waals surface area contributed by atoms with Crippen LogP contribution in [0.1, 0.15) is 39.5 Å². The molecule has 0 aromatic rings. The Morgan fingerprint density at radius 1 is 0.921 bits per heavy atom. The number of carbonyl (C=O) groups is 1. The van der Waals surface area contributed by atoms with Gasteiger partial charge in [-0.15, -0.1) is 0 Å². The van der Waals surface area contributed by atoms with Gasteiger partial charge in [-0.25, -0.2) is 0 Å². The monoisotopic (exact) mass is 600 g/mol. The maximum Gasteiger partial charge on any atom is 0.431 e. The molecule has 2 N–H and O–H groups in total. The molecule has 7 nitrogen and oxygen atoms in total. The number of halogens is 10. The SMILES string of the molecule is CC(C)(COCCC(F)(F)C(F)(F)S(=O)(=O)O)C(=O)OCC1CC2CC1C(C(O)(C(F)(F)F)C(F)(F)F)C2. The predicted molar refractivity (Wildman–Crippen MR) is 106 cm³/mol. The van der Waals surface area contributed by atoms with E-state index in [9.17, 15) is 62.2 Å². The summed E-state index contributed by atoms with van der Waals surface area (Å²) in [6, 6.07) is 0. The Bertz CT molecular complexity index is 964. The first-order valence-corrected chi connectivity index (χ1v) is 12.6. The van der Waals surface area contributed by atoms with Gasteiger partial charge in [-0.1, -0.05) is 0 Å². The first kappa shape index (κ1) is 32.8.